The summed E-state index contributed by atoms with van der Waals surface area (Å²) in [6, 6.07) is 12.1. The van der Waals surface area contributed by atoms with Crippen LogP contribution in [0.2, 0.25) is 0 Å². The van der Waals surface area contributed by atoms with E-state index in [9.17, 15) is 13.2 Å². The first-order chi connectivity index (χ1) is 10.3. The molecule has 22 heavy (non-hydrogen) atoms. The maximum absolute atomic E-state index is 12.2. The fourth-order valence-corrected chi connectivity index (χ4v) is 2.86. The van der Waals surface area contributed by atoms with Crippen molar-refractivity contribution in [2.75, 3.05) is 6.26 Å². The number of benzene rings is 2. The Hall–Kier alpha value is -2.14. The van der Waals surface area contributed by atoms with Crippen molar-refractivity contribution < 1.29 is 13.2 Å². The molecule has 0 aromatic heterocycles. The van der Waals surface area contributed by atoms with Crippen LogP contribution in [0.25, 0.3) is 0 Å². The van der Waals surface area contributed by atoms with Gasteiger partial charge in [-0.2, -0.15) is 0 Å². The van der Waals surface area contributed by atoms with Gasteiger partial charge in [-0.3, -0.25) is 4.79 Å². The van der Waals surface area contributed by atoms with Gasteiger partial charge in [0.05, 0.1) is 4.90 Å². The quantitative estimate of drug-likeness (QED) is 0.943. The molecule has 2 aromatic carbocycles. The summed E-state index contributed by atoms with van der Waals surface area (Å²) in [4.78, 5) is 12.3. The number of rotatable bonds is 4. The van der Waals surface area contributed by atoms with Crippen molar-refractivity contribution in [3.8, 4) is 0 Å². The van der Waals surface area contributed by atoms with Crippen LogP contribution in [-0.2, 0) is 16.4 Å². The number of amides is 1. The highest BCUT2D eigenvalue weighted by atomic mass is 32.2. The normalized spacial score (nSPS) is 11.2. The molecule has 1 N–H and O–H groups in total. The van der Waals surface area contributed by atoms with Gasteiger partial charge in [-0.15, -0.1) is 0 Å². The van der Waals surface area contributed by atoms with E-state index in [0.29, 0.717) is 12.1 Å². The number of hydrogen-bond donors (Lipinski definition) is 1. The van der Waals surface area contributed by atoms with Gasteiger partial charge in [0.1, 0.15) is 0 Å². The van der Waals surface area contributed by atoms with Crippen molar-refractivity contribution in [2.45, 2.75) is 25.3 Å². The van der Waals surface area contributed by atoms with Crippen molar-refractivity contribution in [3.05, 3.63) is 64.7 Å². The highest BCUT2D eigenvalue weighted by Gasteiger charge is 2.11. The van der Waals surface area contributed by atoms with Crippen molar-refractivity contribution in [3.63, 3.8) is 0 Å². The molecule has 0 unspecified atom stereocenters. The van der Waals surface area contributed by atoms with Gasteiger partial charge in [0.15, 0.2) is 9.84 Å². The van der Waals surface area contributed by atoms with Gasteiger partial charge in [0.25, 0.3) is 5.91 Å². The Morgan fingerprint density at radius 1 is 1.09 bits per heavy atom. The average molecular weight is 317 g/mol. The molecular formula is C17H19NO3S. The van der Waals surface area contributed by atoms with Crippen LogP contribution in [0.5, 0.6) is 0 Å². The Morgan fingerprint density at radius 2 is 1.82 bits per heavy atom. The van der Waals surface area contributed by atoms with Gasteiger partial charge < -0.3 is 5.32 Å². The molecule has 0 aliphatic heterocycles. The Balaban J connectivity index is 2.13. The van der Waals surface area contributed by atoms with Gasteiger partial charge in [-0.25, -0.2) is 8.42 Å². The van der Waals surface area contributed by atoms with Gasteiger partial charge in [-0.1, -0.05) is 29.8 Å². The topological polar surface area (TPSA) is 63.2 Å². The zero-order chi connectivity index (χ0) is 16.3. The average Bonchev–Trinajstić information content (AvgIpc) is 2.45. The van der Waals surface area contributed by atoms with Crippen LogP contribution in [0, 0.1) is 13.8 Å². The smallest absolute Gasteiger partial charge is 0.251 e. The molecule has 5 heteroatoms. The molecule has 0 spiro atoms. The van der Waals surface area contributed by atoms with Gasteiger partial charge in [0.2, 0.25) is 0 Å². The molecular weight excluding hydrogens is 298 g/mol. The van der Waals surface area contributed by atoms with E-state index in [4.69, 9.17) is 0 Å². The maximum atomic E-state index is 12.2. The largest absolute Gasteiger partial charge is 0.348 e. The third-order valence-corrected chi connectivity index (χ3v) is 4.57. The second-order valence-electron chi connectivity index (χ2n) is 5.41. The van der Waals surface area contributed by atoms with E-state index in [1.54, 1.807) is 12.1 Å². The molecule has 116 valence electrons. The van der Waals surface area contributed by atoms with Gasteiger partial charge in [-0.05, 0) is 43.2 Å². The van der Waals surface area contributed by atoms with Crippen LogP contribution in [0.15, 0.2) is 47.4 Å². The molecule has 0 aliphatic carbocycles. The maximum Gasteiger partial charge on any atom is 0.251 e. The molecule has 0 atom stereocenters. The van der Waals surface area contributed by atoms with E-state index in [1.807, 2.05) is 26.0 Å². The first kappa shape index (κ1) is 16.2. The second-order valence-corrected chi connectivity index (χ2v) is 7.43. The first-order valence-electron chi connectivity index (χ1n) is 6.92. The van der Waals surface area contributed by atoms with Crippen LogP contribution >= 0.6 is 0 Å². The van der Waals surface area contributed by atoms with Crippen LogP contribution in [0.4, 0.5) is 0 Å². The predicted octanol–water partition coefficient (Wildman–Crippen LogP) is 2.64. The lowest BCUT2D eigenvalue weighted by atomic mass is 10.1. The Labute approximate surface area is 131 Å². The molecule has 2 rings (SSSR count). The number of carbonyl (C=O) groups excluding carboxylic acids is 1. The van der Waals surface area contributed by atoms with Gasteiger partial charge in [0, 0.05) is 18.4 Å². The molecule has 0 aliphatic rings. The Kier molecular flexibility index (Phi) is 4.66. The SMILES string of the molecule is Cc1ccc(CNC(=O)c2cccc(S(C)(=O)=O)c2)c(C)c1. The summed E-state index contributed by atoms with van der Waals surface area (Å²) in [7, 11) is -3.32. The molecule has 4 nitrogen and oxygen atoms in total. The summed E-state index contributed by atoms with van der Waals surface area (Å²) in [6.07, 6.45) is 1.12. The molecule has 1 amide bonds. The van der Waals surface area contributed by atoms with E-state index in [1.165, 1.54) is 17.7 Å². The summed E-state index contributed by atoms with van der Waals surface area (Å²) < 4.78 is 23.1. The molecule has 0 radical (unpaired) electrons. The lowest BCUT2D eigenvalue weighted by Crippen LogP contribution is -2.23. The van der Waals surface area contributed by atoms with Crippen LogP contribution in [0.1, 0.15) is 27.0 Å². The Morgan fingerprint density at radius 3 is 2.45 bits per heavy atom. The van der Waals surface area contributed by atoms with Crippen LogP contribution in [-0.4, -0.2) is 20.6 Å². The molecule has 0 saturated heterocycles. The highest BCUT2D eigenvalue weighted by Crippen LogP contribution is 2.13. The number of hydrogen-bond acceptors (Lipinski definition) is 3. The molecule has 0 bridgehead atoms. The predicted molar refractivity (Wildman–Crippen MR) is 86.6 cm³/mol. The van der Waals surface area contributed by atoms with E-state index >= 15 is 0 Å². The molecule has 2 aromatic rings. The summed E-state index contributed by atoms with van der Waals surface area (Å²) in [5, 5.41) is 2.82. The minimum atomic E-state index is -3.32. The van der Waals surface area contributed by atoms with E-state index in [2.05, 4.69) is 11.4 Å². The van der Waals surface area contributed by atoms with Crippen molar-refractivity contribution in [1.29, 1.82) is 0 Å². The Bertz CT molecular complexity index is 810. The lowest BCUT2D eigenvalue weighted by molar-refractivity contribution is 0.0950. The summed E-state index contributed by atoms with van der Waals surface area (Å²) in [6.45, 7) is 4.43. The monoisotopic (exact) mass is 317 g/mol. The summed E-state index contributed by atoms with van der Waals surface area (Å²) >= 11 is 0. The van der Waals surface area contributed by atoms with Crippen molar-refractivity contribution >= 4 is 15.7 Å². The lowest BCUT2D eigenvalue weighted by Gasteiger charge is -2.09. The number of sulfone groups is 1. The summed E-state index contributed by atoms with van der Waals surface area (Å²) in [5.41, 5.74) is 3.67. The minimum Gasteiger partial charge on any atom is -0.348 e. The summed E-state index contributed by atoms with van der Waals surface area (Å²) in [5.74, 6) is -0.287. The zero-order valence-corrected chi connectivity index (χ0v) is 13.7. The number of carbonyl (C=O) groups is 1. The molecule has 0 fully saturated rings. The number of aryl methyl sites for hydroxylation is 2. The van der Waals surface area contributed by atoms with Crippen molar-refractivity contribution in [2.24, 2.45) is 0 Å². The fourth-order valence-electron chi connectivity index (χ4n) is 2.19. The molecule has 0 saturated carbocycles. The first-order valence-corrected chi connectivity index (χ1v) is 8.81. The zero-order valence-electron chi connectivity index (χ0n) is 12.9. The van der Waals surface area contributed by atoms with Crippen molar-refractivity contribution in [1.82, 2.24) is 5.32 Å². The highest BCUT2D eigenvalue weighted by molar-refractivity contribution is 7.90. The van der Waals surface area contributed by atoms with Crippen LogP contribution < -0.4 is 5.32 Å². The van der Waals surface area contributed by atoms with E-state index in [-0.39, 0.29) is 10.8 Å². The third-order valence-electron chi connectivity index (χ3n) is 3.46. The second kappa shape index (κ2) is 6.32. The minimum absolute atomic E-state index is 0.145. The van der Waals surface area contributed by atoms with E-state index < -0.39 is 9.84 Å². The molecule has 0 heterocycles. The third kappa shape index (κ3) is 3.95. The fraction of sp³-hybridized carbons (Fsp3) is 0.235. The number of nitrogens with one attached hydrogen (secondary N) is 1. The van der Waals surface area contributed by atoms with Crippen LogP contribution in [0.3, 0.4) is 0 Å². The van der Waals surface area contributed by atoms with Gasteiger partial charge >= 0.3 is 0 Å². The van der Waals surface area contributed by atoms with E-state index in [0.717, 1.165) is 17.4 Å². The standard InChI is InChI=1S/C17H19NO3S/c1-12-7-8-15(13(2)9-12)11-18-17(19)14-5-4-6-16(10-14)22(3,20)21/h4-10H,11H2,1-3H3,(H,18,19).